The fraction of sp³-hybridized carbons (Fsp3) is 0.267. The van der Waals surface area contributed by atoms with Crippen LogP contribution < -0.4 is 5.32 Å². The third-order valence-electron chi connectivity index (χ3n) is 3.08. The smallest absolute Gasteiger partial charge is 0.0890 e. The van der Waals surface area contributed by atoms with Crippen LogP contribution in [0, 0.1) is 6.92 Å². The SMILES string of the molecule is Cc1cnn(CCNCc2cnc3ccccc3n2)c1. The van der Waals surface area contributed by atoms with Gasteiger partial charge in [0, 0.05) is 19.3 Å². The Bertz CT molecular complexity index is 704. The molecule has 3 rings (SSSR count). The first-order valence-corrected chi connectivity index (χ1v) is 6.72. The lowest BCUT2D eigenvalue weighted by Gasteiger charge is -2.05. The highest BCUT2D eigenvalue weighted by Crippen LogP contribution is 2.08. The number of nitrogens with zero attached hydrogens (tertiary/aromatic N) is 4. The van der Waals surface area contributed by atoms with Crippen molar-refractivity contribution in [2.45, 2.75) is 20.0 Å². The van der Waals surface area contributed by atoms with Gasteiger partial charge in [-0.1, -0.05) is 12.1 Å². The number of hydrogen-bond donors (Lipinski definition) is 1. The van der Waals surface area contributed by atoms with Gasteiger partial charge in [0.1, 0.15) is 0 Å². The Balaban J connectivity index is 1.54. The van der Waals surface area contributed by atoms with Crippen molar-refractivity contribution in [1.82, 2.24) is 25.1 Å². The molecule has 1 N–H and O–H groups in total. The summed E-state index contributed by atoms with van der Waals surface area (Å²) >= 11 is 0. The van der Waals surface area contributed by atoms with Gasteiger partial charge in [-0.25, -0.2) is 4.98 Å². The van der Waals surface area contributed by atoms with E-state index in [1.807, 2.05) is 54.5 Å². The summed E-state index contributed by atoms with van der Waals surface area (Å²) in [5, 5.41) is 7.61. The van der Waals surface area contributed by atoms with Crippen molar-refractivity contribution >= 4 is 11.0 Å². The Morgan fingerprint density at radius 2 is 2.00 bits per heavy atom. The number of para-hydroxylation sites is 2. The molecule has 0 radical (unpaired) electrons. The lowest BCUT2D eigenvalue weighted by atomic mass is 10.3. The normalized spacial score (nSPS) is 11.1. The highest BCUT2D eigenvalue weighted by atomic mass is 15.3. The standard InChI is InChI=1S/C15H17N5/c1-12-8-18-20(11-12)7-6-16-9-13-10-17-14-4-2-3-5-15(14)19-13/h2-5,8,10-11,16H,6-7,9H2,1H3. The van der Waals surface area contributed by atoms with Crippen molar-refractivity contribution in [3.63, 3.8) is 0 Å². The molecular weight excluding hydrogens is 250 g/mol. The maximum Gasteiger partial charge on any atom is 0.0890 e. The molecule has 0 aliphatic heterocycles. The number of aromatic nitrogens is 4. The van der Waals surface area contributed by atoms with Crippen LogP contribution in [0.4, 0.5) is 0 Å². The number of aryl methyl sites for hydroxylation is 1. The number of hydrogen-bond acceptors (Lipinski definition) is 4. The second kappa shape index (κ2) is 5.79. The van der Waals surface area contributed by atoms with Gasteiger partial charge < -0.3 is 5.32 Å². The minimum absolute atomic E-state index is 0.720. The Hall–Kier alpha value is -2.27. The Kier molecular flexibility index (Phi) is 3.69. The summed E-state index contributed by atoms with van der Waals surface area (Å²) in [6.07, 6.45) is 5.74. The van der Waals surface area contributed by atoms with Crippen molar-refractivity contribution in [3.8, 4) is 0 Å². The first-order valence-electron chi connectivity index (χ1n) is 6.72. The van der Waals surface area contributed by atoms with Crippen LogP contribution in [0.3, 0.4) is 0 Å². The summed E-state index contributed by atoms with van der Waals surface area (Å²) in [7, 11) is 0. The molecule has 0 aliphatic carbocycles. The van der Waals surface area contributed by atoms with Crippen molar-refractivity contribution < 1.29 is 0 Å². The molecule has 5 heteroatoms. The van der Waals surface area contributed by atoms with Gasteiger partial charge in [0.15, 0.2) is 0 Å². The van der Waals surface area contributed by atoms with E-state index in [2.05, 4.69) is 20.4 Å². The van der Waals surface area contributed by atoms with E-state index in [1.54, 1.807) is 0 Å². The van der Waals surface area contributed by atoms with Crippen molar-refractivity contribution in [2.75, 3.05) is 6.54 Å². The molecule has 5 nitrogen and oxygen atoms in total. The van der Waals surface area contributed by atoms with Crippen LogP contribution >= 0.6 is 0 Å². The van der Waals surface area contributed by atoms with E-state index in [0.717, 1.165) is 36.4 Å². The van der Waals surface area contributed by atoms with Crippen LogP contribution in [0.15, 0.2) is 42.9 Å². The predicted molar refractivity (Wildman–Crippen MR) is 78.2 cm³/mol. The molecule has 0 unspecified atom stereocenters. The summed E-state index contributed by atoms with van der Waals surface area (Å²) in [6, 6.07) is 7.91. The maximum atomic E-state index is 4.58. The molecule has 0 amide bonds. The van der Waals surface area contributed by atoms with Crippen LogP contribution in [-0.4, -0.2) is 26.3 Å². The van der Waals surface area contributed by atoms with E-state index in [0.29, 0.717) is 0 Å². The predicted octanol–water partition coefficient (Wildman–Crippen LogP) is 1.92. The van der Waals surface area contributed by atoms with Gasteiger partial charge >= 0.3 is 0 Å². The van der Waals surface area contributed by atoms with E-state index in [9.17, 15) is 0 Å². The van der Waals surface area contributed by atoms with Gasteiger partial charge in [0.2, 0.25) is 0 Å². The third-order valence-corrected chi connectivity index (χ3v) is 3.08. The van der Waals surface area contributed by atoms with Crippen LogP contribution in [0.25, 0.3) is 11.0 Å². The minimum atomic E-state index is 0.720. The zero-order valence-corrected chi connectivity index (χ0v) is 11.5. The quantitative estimate of drug-likeness (QED) is 0.718. The molecule has 0 spiro atoms. The van der Waals surface area contributed by atoms with E-state index in [1.165, 1.54) is 5.56 Å². The Morgan fingerprint density at radius 3 is 2.80 bits per heavy atom. The van der Waals surface area contributed by atoms with Crippen LogP contribution in [-0.2, 0) is 13.1 Å². The molecule has 20 heavy (non-hydrogen) atoms. The molecule has 0 saturated carbocycles. The van der Waals surface area contributed by atoms with Gasteiger partial charge in [0.05, 0.1) is 35.7 Å². The summed E-state index contributed by atoms with van der Waals surface area (Å²) in [4.78, 5) is 8.98. The molecule has 0 aliphatic rings. The van der Waals surface area contributed by atoms with Gasteiger partial charge in [-0.15, -0.1) is 0 Å². The highest BCUT2D eigenvalue weighted by molar-refractivity contribution is 5.73. The van der Waals surface area contributed by atoms with Gasteiger partial charge in [-0.05, 0) is 24.6 Å². The Labute approximate surface area is 117 Å². The molecule has 0 fully saturated rings. The summed E-state index contributed by atoms with van der Waals surface area (Å²) in [5.74, 6) is 0. The molecule has 2 aromatic heterocycles. The number of fused-ring (bicyclic) bond motifs is 1. The fourth-order valence-electron chi connectivity index (χ4n) is 2.08. The van der Waals surface area contributed by atoms with Crippen molar-refractivity contribution in [1.29, 1.82) is 0 Å². The van der Waals surface area contributed by atoms with Gasteiger partial charge in [0.25, 0.3) is 0 Å². The average Bonchev–Trinajstić information content (AvgIpc) is 2.89. The average molecular weight is 267 g/mol. The van der Waals surface area contributed by atoms with E-state index >= 15 is 0 Å². The Morgan fingerprint density at radius 1 is 1.15 bits per heavy atom. The largest absolute Gasteiger partial charge is 0.309 e. The highest BCUT2D eigenvalue weighted by Gasteiger charge is 1.99. The second-order valence-corrected chi connectivity index (χ2v) is 4.81. The molecule has 102 valence electrons. The van der Waals surface area contributed by atoms with Gasteiger partial charge in [-0.3, -0.25) is 9.67 Å². The van der Waals surface area contributed by atoms with E-state index < -0.39 is 0 Å². The molecule has 3 aromatic rings. The lowest BCUT2D eigenvalue weighted by Crippen LogP contribution is -2.20. The number of benzene rings is 1. The molecule has 0 atom stereocenters. The maximum absolute atomic E-state index is 4.58. The zero-order valence-electron chi connectivity index (χ0n) is 11.5. The van der Waals surface area contributed by atoms with Crippen LogP contribution in [0.1, 0.15) is 11.3 Å². The third kappa shape index (κ3) is 3.00. The van der Waals surface area contributed by atoms with Gasteiger partial charge in [-0.2, -0.15) is 5.10 Å². The summed E-state index contributed by atoms with van der Waals surface area (Å²) in [5.41, 5.74) is 4.02. The number of rotatable bonds is 5. The first kappa shape index (κ1) is 12.7. The second-order valence-electron chi connectivity index (χ2n) is 4.81. The van der Waals surface area contributed by atoms with Crippen molar-refractivity contribution in [2.24, 2.45) is 0 Å². The molecular formula is C15H17N5. The molecule has 0 bridgehead atoms. The van der Waals surface area contributed by atoms with E-state index in [4.69, 9.17) is 0 Å². The summed E-state index contributed by atoms with van der Waals surface area (Å²) in [6.45, 7) is 4.48. The van der Waals surface area contributed by atoms with Crippen LogP contribution in [0.5, 0.6) is 0 Å². The van der Waals surface area contributed by atoms with Crippen LogP contribution in [0.2, 0.25) is 0 Å². The summed E-state index contributed by atoms with van der Waals surface area (Å²) < 4.78 is 1.94. The molecule has 0 saturated heterocycles. The van der Waals surface area contributed by atoms with Crippen molar-refractivity contribution in [3.05, 3.63) is 54.1 Å². The minimum Gasteiger partial charge on any atom is -0.309 e. The fourth-order valence-corrected chi connectivity index (χ4v) is 2.08. The molecule has 1 aromatic carbocycles. The topological polar surface area (TPSA) is 55.6 Å². The first-order chi connectivity index (χ1) is 9.81. The monoisotopic (exact) mass is 267 g/mol. The van der Waals surface area contributed by atoms with E-state index in [-0.39, 0.29) is 0 Å². The zero-order chi connectivity index (χ0) is 13.8. The lowest BCUT2D eigenvalue weighted by molar-refractivity contribution is 0.551. The number of nitrogens with one attached hydrogen (secondary N) is 1. The molecule has 2 heterocycles.